The maximum absolute atomic E-state index is 12.6. The largest absolute Gasteiger partial charge is 0.340 e. The maximum atomic E-state index is 12.6. The van der Waals surface area contributed by atoms with E-state index in [-0.39, 0.29) is 5.69 Å². The van der Waals surface area contributed by atoms with Crippen LogP contribution in [0.5, 0.6) is 0 Å². The lowest BCUT2D eigenvalue weighted by molar-refractivity contribution is 0.145. The molecule has 5 heteroatoms. The van der Waals surface area contributed by atoms with Crippen molar-refractivity contribution in [1.29, 1.82) is 0 Å². The Balaban J connectivity index is 2.32. The Morgan fingerprint density at radius 2 is 1.83 bits per heavy atom. The van der Waals surface area contributed by atoms with E-state index < -0.39 is 6.43 Å². The van der Waals surface area contributed by atoms with Crippen LogP contribution < -0.4 is 5.32 Å². The van der Waals surface area contributed by atoms with Gasteiger partial charge in [0.15, 0.2) is 0 Å². The number of nitrogens with one attached hydrogen (secondary N) is 1. The van der Waals surface area contributed by atoms with Crippen LogP contribution in [0.2, 0.25) is 0 Å². The van der Waals surface area contributed by atoms with E-state index in [1.807, 2.05) is 31.2 Å². The summed E-state index contributed by atoms with van der Waals surface area (Å²) in [4.78, 5) is 7.79. The van der Waals surface area contributed by atoms with Gasteiger partial charge in [0.05, 0.1) is 0 Å². The number of alkyl halides is 2. The number of aromatic nitrogens is 2. The van der Waals surface area contributed by atoms with Gasteiger partial charge in [-0.1, -0.05) is 18.2 Å². The summed E-state index contributed by atoms with van der Waals surface area (Å²) in [5.74, 6) is 0.705. The number of rotatable bonds is 3. The van der Waals surface area contributed by atoms with Gasteiger partial charge >= 0.3 is 0 Å². The molecule has 0 fully saturated rings. The first-order chi connectivity index (χ1) is 8.56. The molecule has 0 bridgehead atoms. The molecule has 2 aromatic rings. The highest BCUT2D eigenvalue weighted by molar-refractivity contribution is 5.60. The van der Waals surface area contributed by atoms with Gasteiger partial charge in [-0.2, -0.15) is 0 Å². The highest BCUT2D eigenvalue weighted by atomic mass is 19.3. The van der Waals surface area contributed by atoms with E-state index in [0.29, 0.717) is 11.6 Å². The summed E-state index contributed by atoms with van der Waals surface area (Å²) in [5.41, 5.74) is 1.60. The molecular formula is C13H13F2N3. The van der Waals surface area contributed by atoms with Gasteiger partial charge in [0.25, 0.3) is 6.43 Å². The van der Waals surface area contributed by atoms with E-state index in [0.717, 1.165) is 11.3 Å². The van der Waals surface area contributed by atoms with Gasteiger partial charge in [0.1, 0.15) is 17.3 Å². The summed E-state index contributed by atoms with van der Waals surface area (Å²) in [7, 11) is 0. The molecule has 0 aliphatic rings. The van der Waals surface area contributed by atoms with Crippen LogP contribution in [0.15, 0.2) is 30.3 Å². The average molecular weight is 249 g/mol. The van der Waals surface area contributed by atoms with Crippen LogP contribution >= 0.6 is 0 Å². The molecule has 1 N–H and O–H groups in total. The van der Waals surface area contributed by atoms with Crippen molar-refractivity contribution in [2.75, 3.05) is 5.32 Å². The number of para-hydroxylation sites is 1. The molecule has 0 radical (unpaired) electrons. The molecule has 0 atom stereocenters. The van der Waals surface area contributed by atoms with E-state index >= 15 is 0 Å². The lowest BCUT2D eigenvalue weighted by Gasteiger charge is -2.10. The molecule has 0 aliphatic heterocycles. The predicted octanol–water partition coefficient (Wildman–Crippen LogP) is 3.77. The number of hydrogen-bond donors (Lipinski definition) is 1. The predicted molar refractivity (Wildman–Crippen MR) is 66.2 cm³/mol. The number of nitrogens with zero attached hydrogens (tertiary/aromatic N) is 2. The summed E-state index contributed by atoms with van der Waals surface area (Å²) in [6.45, 7) is 3.53. The molecule has 2 rings (SSSR count). The molecule has 0 saturated carbocycles. The van der Waals surface area contributed by atoms with Crippen molar-refractivity contribution in [3.05, 3.63) is 47.4 Å². The number of hydrogen-bond acceptors (Lipinski definition) is 3. The van der Waals surface area contributed by atoms with Crippen molar-refractivity contribution in [3.8, 4) is 0 Å². The van der Waals surface area contributed by atoms with E-state index in [1.54, 1.807) is 6.92 Å². The summed E-state index contributed by atoms with van der Waals surface area (Å²) < 4.78 is 25.3. The third-order valence-corrected chi connectivity index (χ3v) is 2.49. The number of aryl methyl sites for hydroxylation is 2. The SMILES string of the molecule is Cc1nc(Nc2ccccc2C)cc(C(F)F)n1. The fourth-order valence-corrected chi connectivity index (χ4v) is 1.62. The minimum absolute atomic E-state index is 0.265. The van der Waals surface area contributed by atoms with Crippen molar-refractivity contribution < 1.29 is 8.78 Å². The van der Waals surface area contributed by atoms with E-state index in [4.69, 9.17) is 0 Å². The van der Waals surface area contributed by atoms with Gasteiger partial charge in [0.2, 0.25) is 0 Å². The van der Waals surface area contributed by atoms with Crippen LogP contribution in [0.4, 0.5) is 20.3 Å². The molecule has 1 heterocycles. The smallest absolute Gasteiger partial charge is 0.280 e. The molecule has 1 aromatic carbocycles. The molecule has 94 valence electrons. The third kappa shape index (κ3) is 2.80. The standard InChI is InChI=1S/C13H13F2N3/c1-8-5-3-4-6-10(8)18-12-7-11(13(14)15)16-9(2)17-12/h3-7,13H,1-2H3,(H,16,17,18). The van der Waals surface area contributed by atoms with Gasteiger partial charge in [0, 0.05) is 11.8 Å². The Hall–Kier alpha value is -2.04. The van der Waals surface area contributed by atoms with Gasteiger partial charge in [-0.05, 0) is 25.5 Å². The molecule has 0 aliphatic carbocycles. The number of benzene rings is 1. The fourth-order valence-electron chi connectivity index (χ4n) is 1.62. The topological polar surface area (TPSA) is 37.8 Å². The second-order valence-electron chi connectivity index (χ2n) is 3.97. The zero-order valence-electron chi connectivity index (χ0n) is 10.1. The first-order valence-corrected chi connectivity index (χ1v) is 5.52. The number of halogens is 2. The van der Waals surface area contributed by atoms with Crippen LogP contribution in [0.25, 0.3) is 0 Å². The van der Waals surface area contributed by atoms with Crippen LogP contribution in [0, 0.1) is 13.8 Å². The molecule has 0 saturated heterocycles. The molecule has 0 unspecified atom stereocenters. The lowest BCUT2D eigenvalue weighted by atomic mass is 10.2. The monoisotopic (exact) mass is 249 g/mol. The Morgan fingerprint density at radius 1 is 1.11 bits per heavy atom. The Morgan fingerprint density at radius 3 is 2.50 bits per heavy atom. The van der Waals surface area contributed by atoms with E-state index in [2.05, 4.69) is 15.3 Å². The van der Waals surface area contributed by atoms with E-state index in [9.17, 15) is 8.78 Å². The molecule has 18 heavy (non-hydrogen) atoms. The van der Waals surface area contributed by atoms with Crippen LogP contribution in [0.1, 0.15) is 23.5 Å². The zero-order chi connectivity index (χ0) is 13.1. The van der Waals surface area contributed by atoms with Crippen molar-refractivity contribution >= 4 is 11.5 Å². The molecule has 0 spiro atoms. The van der Waals surface area contributed by atoms with Crippen molar-refractivity contribution in [2.45, 2.75) is 20.3 Å². The van der Waals surface area contributed by atoms with Crippen molar-refractivity contribution in [3.63, 3.8) is 0 Å². The second-order valence-corrected chi connectivity index (χ2v) is 3.97. The van der Waals surface area contributed by atoms with E-state index in [1.165, 1.54) is 6.07 Å². The zero-order valence-corrected chi connectivity index (χ0v) is 10.1. The molecule has 0 amide bonds. The summed E-state index contributed by atoms with van der Waals surface area (Å²) in [5, 5.41) is 3.02. The highest BCUT2D eigenvalue weighted by Gasteiger charge is 2.11. The number of anilines is 2. The fraction of sp³-hybridized carbons (Fsp3) is 0.231. The molecular weight excluding hydrogens is 236 g/mol. The summed E-state index contributed by atoms with van der Waals surface area (Å²) >= 11 is 0. The Bertz CT molecular complexity index is 556. The third-order valence-electron chi connectivity index (χ3n) is 2.49. The molecule has 1 aromatic heterocycles. The van der Waals surface area contributed by atoms with Gasteiger partial charge in [-0.15, -0.1) is 0 Å². The van der Waals surface area contributed by atoms with Gasteiger partial charge in [-0.25, -0.2) is 18.7 Å². The lowest BCUT2D eigenvalue weighted by Crippen LogP contribution is -2.02. The first kappa shape index (κ1) is 12.4. The van der Waals surface area contributed by atoms with Crippen molar-refractivity contribution in [1.82, 2.24) is 9.97 Å². The van der Waals surface area contributed by atoms with Crippen LogP contribution in [-0.2, 0) is 0 Å². The molecule has 3 nitrogen and oxygen atoms in total. The summed E-state index contributed by atoms with van der Waals surface area (Å²) in [6, 6.07) is 8.86. The normalized spacial score (nSPS) is 10.7. The minimum atomic E-state index is -2.59. The Labute approximate surface area is 104 Å². The first-order valence-electron chi connectivity index (χ1n) is 5.52. The van der Waals surface area contributed by atoms with Crippen molar-refractivity contribution in [2.24, 2.45) is 0 Å². The summed E-state index contributed by atoms with van der Waals surface area (Å²) in [6.07, 6.45) is -2.59. The van der Waals surface area contributed by atoms with Crippen LogP contribution in [-0.4, -0.2) is 9.97 Å². The quantitative estimate of drug-likeness (QED) is 0.899. The van der Waals surface area contributed by atoms with Gasteiger partial charge < -0.3 is 5.32 Å². The second kappa shape index (κ2) is 5.08. The maximum Gasteiger partial charge on any atom is 0.280 e. The Kier molecular flexibility index (Phi) is 3.50. The highest BCUT2D eigenvalue weighted by Crippen LogP contribution is 2.22. The van der Waals surface area contributed by atoms with Gasteiger partial charge in [-0.3, -0.25) is 0 Å². The average Bonchev–Trinajstić information content (AvgIpc) is 2.31. The van der Waals surface area contributed by atoms with Crippen LogP contribution in [0.3, 0.4) is 0 Å². The minimum Gasteiger partial charge on any atom is -0.340 e.